The van der Waals surface area contributed by atoms with E-state index in [4.69, 9.17) is 20.2 Å². The zero-order chi connectivity index (χ0) is 27.1. The van der Waals surface area contributed by atoms with Gasteiger partial charge in [-0.15, -0.1) is 3.89 Å². The summed E-state index contributed by atoms with van der Waals surface area (Å²) in [5.74, 6) is 2.04. The van der Waals surface area contributed by atoms with Crippen LogP contribution in [0.3, 0.4) is 0 Å². The summed E-state index contributed by atoms with van der Waals surface area (Å²) in [6, 6.07) is 9.99. The molecule has 1 atom stereocenters. The van der Waals surface area contributed by atoms with Crippen molar-refractivity contribution >= 4 is 61.6 Å². The van der Waals surface area contributed by atoms with E-state index >= 15 is 0 Å². The molecule has 4 heterocycles. The lowest BCUT2D eigenvalue weighted by Gasteiger charge is -2.33. The van der Waals surface area contributed by atoms with Crippen molar-refractivity contribution in [1.82, 2.24) is 24.4 Å². The summed E-state index contributed by atoms with van der Waals surface area (Å²) in [5, 5.41) is 0.756. The molecule has 0 radical (unpaired) electrons. The number of nitrogens with two attached hydrogens (primary N) is 1. The first-order chi connectivity index (χ1) is 18.7. The van der Waals surface area contributed by atoms with Crippen LogP contribution in [0.4, 0.5) is 9.70 Å². The van der Waals surface area contributed by atoms with Crippen LogP contribution in [-0.4, -0.2) is 52.7 Å². The smallest absolute Gasteiger partial charge is 0.332 e. The molecule has 0 unspecified atom stereocenters. The van der Waals surface area contributed by atoms with E-state index in [-0.39, 0.29) is 17.6 Å². The fourth-order valence-electron chi connectivity index (χ4n) is 5.01. The van der Waals surface area contributed by atoms with Crippen LogP contribution in [0.5, 0.6) is 11.5 Å². The van der Waals surface area contributed by atoms with Crippen LogP contribution < -0.4 is 15.2 Å². The average molecular weight is 683 g/mol. The van der Waals surface area contributed by atoms with E-state index in [9.17, 15) is 12.3 Å². The number of hydrogen-bond acceptors (Lipinski definition) is 10. The van der Waals surface area contributed by atoms with E-state index in [2.05, 4.69) is 42.0 Å². The third-order valence-corrected chi connectivity index (χ3v) is 9.91. The Labute approximate surface area is 242 Å². The largest absolute Gasteiger partial charge is 0.454 e. The van der Waals surface area contributed by atoms with Gasteiger partial charge in [0.05, 0.1) is 4.90 Å². The third kappa shape index (κ3) is 5.64. The van der Waals surface area contributed by atoms with Gasteiger partial charge in [-0.2, -0.15) is 8.42 Å². The first kappa shape index (κ1) is 26.5. The second-order valence-corrected chi connectivity index (χ2v) is 13.0. The number of aromatic nitrogens is 4. The lowest BCUT2D eigenvalue weighted by Crippen LogP contribution is -2.36. The maximum atomic E-state index is 13.5. The summed E-state index contributed by atoms with van der Waals surface area (Å²) < 4.78 is 50.4. The molecule has 2 N–H and O–H groups in total. The summed E-state index contributed by atoms with van der Waals surface area (Å²) in [6.07, 6.45) is 3.45. The topological polar surface area (TPSA) is 125 Å². The van der Waals surface area contributed by atoms with Crippen LogP contribution in [0.15, 0.2) is 57.7 Å². The second kappa shape index (κ2) is 10.7. The molecule has 0 bridgehead atoms. The second-order valence-electron chi connectivity index (χ2n) is 9.50. The average Bonchev–Trinajstić information content (AvgIpc) is 3.49. The number of likely N-dealkylation sites (tertiary alicyclic amines) is 1. The predicted molar refractivity (Wildman–Crippen MR) is 152 cm³/mol. The van der Waals surface area contributed by atoms with Crippen LogP contribution >= 0.6 is 34.4 Å². The summed E-state index contributed by atoms with van der Waals surface area (Å²) in [6.45, 7) is 3.08. The van der Waals surface area contributed by atoms with Crippen molar-refractivity contribution in [3.05, 3.63) is 51.9 Å². The highest BCUT2D eigenvalue weighted by Crippen LogP contribution is 2.42. The van der Waals surface area contributed by atoms with Gasteiger partial charge in [-0.25, -0.2) is 15.0 Å². The number of rotatable bonds is 7. The number of benzene rings is 2. The van der Waals surface area contributed by atoms with Gasteiger partial charge >= 0.3 is 10.2 Å². The van der Waals surface area contributed by atoms with Crippen LogP contribution in [0.25, 0.3) is 11.2 Å². The molecule has 10 nitrogen and oxygen atoms in total. The van der Waals surface area contributed by atoms with E-state index in [1.807, 2.05) is 18.2 Å². The van der Waals surface area contributed by atoms with Gasteiger partial charge in [0.15, 0.2) is 33.6 Å². The van der Waals surface area contributed by atoms with E-state index in [1.165, 1.54) is 30.2 Å². The van der Waals surface area contributed by atoms with E-state index < -0.39 is 10.2 Å². The van der Waals surface area contributed by atoms with E-state index in [0.717, 1.165) is 50.9 Å². The van der Waals surface area contributed by atoms with Crippen LogP contribution in [0.1, 0.15) is 18.4 Å². The van der Waals surface area contributed by atoms with Gasteiger partial charge in [0, 0.05) is 28.1 Å². The van der Waals surface area contributed by atoms with Crippen molar-refractivity contribution in [3.63, 3.8) is 0 Å². The van der Waals surface area contributed by atoms with Gasteiger partial charge < -0.3 is 19.8 Å². The Morgan fingerprint density at radius 2 is 2.00 bits per heavy atom. The molecule has 204 valence electrons. The van der Waals surface area contributed by atoms with E-state index in [1.54, 1.807) is 6.07 Å². The molecule has 2 aromatic heterocycles. The van der Waals surface area contributed by atoms with Crippen molar-refractivity contribution in [2.75, 3.05) is 25.6 Å². The number of anilines is 1. The summed E-state index contributed by atoms with van der Waals surface area (Å²) in [4.78, 5) is 16.4. The SMILES string of the molecule is Nc1ncnc2c1nc(Sc1cc3c(cc1I)OCO3)n2C[C@H]1CCCN(Cc2cccc(S(=O)(=O)F)c2)C1. The molecule has 0 saturated carbocycles. The fraction of sp³-hybridized carbons (Fsp3) is 0.320. The van der Waals surface area contributed by atoms with Crippen molar-refractivity contribution in [1.29, 1.82) is 0 Å². The van der Waals surface area contributed by atoms with Crippen molar-refractivity contribution in [2.24, 2.45) is 5.92 Å². The minimum Gasteiger partial charge on any atom is -0.454 e. The Morgan fingerprint density at radius 3 is 2.82 bits per heavy atom. The van der Waals surface area contributed by atoms with Gasteiger partial charge in [-0.3, -0.25) is 4.90 Å². The predicted octanol–water partition coefficient (Wildman–Crippen LogP) is 4.46. The Morgan fingerprint density at radius 1 is 1.18 bits per heavy atom. The van der Waals surface area contributed by atoms with Gasteiger partial charge in [0.1, 0.15) is 6.33 Å². The van der Waals surface area contributed by atoms with Gasteiger partial charge in [0.2, 0.25) is 6.79 Å². The first-order valence-electron chi connectivity index (χ1n) is 12.2. The maximum Gasteiger partial charge on any atom is 0.332 e. The molecule has 0 aliphatic carbocycles. The molecule has 39 heavy (non-hydrogen) atoms. The van der Waals surface area contributed by atoms with Gasteiger partial charge in [-0.1, -0.05) is 23.9 Å². The number of fused-ring (bicyclic) bond motifs is 2. The summed E-state index contributed by atoms with van der Waals surface area (Å²) >= 11 is 3.80. The summed E-state index contributed by atoms with van der Waals surface area (Å²) in [5.41, 5.74) is 8.17. The molecule has 14 heteroatoms. The lowest BCUT2D eigenvalue weighted by molar-refractivity contribution is 0.155. The van der Waals surface area contributed by atoms with Gasteiger partial charge in [-0.05, 0) is 77.7 Å². The quantitative estimate of drug-likeness (QED) is 0.221. The number of hydrogen-bond donors (Lipinski definition) is 1. The molecule has 0 amide bonds. The minimum atomic E-state index is -4.74. The zero-order valence-corrected chi connectivity index (χ0v) is 24.4. The minimum absolute atomic E-state index is 0.205. The molecular formula is C25H24FIN6O4S2. The molecule has 2 aliphatic heterocycles. The molecule has 4 aromatic rings. The van der Waals surface area contributed by atoms with Gasteiger partial charge in [0.25, 0.3) is 0 Å². The fourth-order valence-corrected chi connectivity index (χ4v) is 7.24. The maximum absolute atomic E-state index is 13.5. The Kier molecular flexibility index (Phi) is 7.28. The summed E-state index contributed by atoms with van der Waals surface area (Å²) in [7, 11) is -4.74. The van der Waals surface area contributed by atoms with Crippen LogP contribution in [0, 0.1) is 9.49 Å². The number of piperidine rings is 1. The molecule has 2 aromatic carbocycles. The Hall–Kier alpha value is -2.69. The Balaban J connectivity index is 1.25. The number of nitrogen functional groups attached to an aromatic ring is 1. The molecule has 1 fully saturated rings. The molecule has 1 saturated heterocycles. The first-order valence-corrected chi connectivity index (χ1v) is 15.5. The molecule has 0 spiro atoms. The standard InChI is InChI=1S/C25H24FIN6O4S2/c26-39(34,35)17-5-1-3-15(7-17)10-32-6-2-4-16(11-32)12-33-24-22(23(28)29-13-30-24)31-25(33)38-21-9-20-19(8-18(21)27)36-14-37-20/h1,3,5,7-9,13,16H,2,4,6,10-12,14H2,(H2,28,29,30)/t16-/m0/s1. The number of imidazole rings is 1. The van der Waals surface area contributed by atoms with Crippen molar-refractivity contribution in [2.45, 2.75) is 40.9 Å². The molecular weight excluding hydrogens is 658 g/mol. The normalized spacial score (nSPS) is 17.6. The monoisotopic (exact) mass is 682 g/mol. The van der Waals surface area contributed by atoms with Crippen LogP contribution in [0.2, 0.25) is 0 Å². The third-order valence-electron chi connectivity index (χ3n) is 6.78. The van der Waals surface area contributed by atoms with Crippen molar-refractivity contribution in [3.8, 4) is 11.5 Å². The van der Waals surface area contributed by atoms with Crippen LogP contribution in [-0.2, 0) is 23.3 Å². The number of halogens is 2. The lowest BCUT2D eigenvalue weighted by atomic mass is 9.97. The zero-order valence-electron chi connectivity index (χ0n) is 20.6. The highest BCUT2D eigenvalue weighted by atomic mass is 127. The highest BCUT2D eigenvalue weighted by molar-refractivity contribution is 14.1. The number of ether oxygens (including phenoxy) is 2. The molecule has 6 rings (SSSR count). The van der Waals surface area contributed by atoms with Crippen molar-refractivity contribution < 1.29 is 21.8 Å². The number of nitrogens with zero attached hydrogens (tertiary/aromatic N) is 5. The highest BCUT2D eigenvalue weighted by Gasteiger charge is 2.26. The van der Waals surface area contributed by atoms with E-state index in [0.29, 0.717) is 35.8 Å². The Bertz CT molecular complexity index is 1670. The molecule has 2 aliphatic rings.